The second kappa shape index (κ2) is 14.1. The van der Waals surface area contributed by atoms with E-state index in [1.54, 1.807) is 0 Å². The maximum atomic E-state index is 12.1. The Labute approximate surface area is 220 Å². The number of aliphatic hydroxyl groups excluding tert-OH is 2. The molecule has 2 aliphatic rings. The molecule has 0 bridgehead atoms. The first-order valence-corrected chi connectivity index (χ1v) is 13.7. The van der Waals surface area contributed by atoms with E-state index in [-0.39, 0.29) is 56.9 Å². The molecule has 8 nitrogen and oxygen atoms in total. The number of carboxylic acid groups (broad SMARTS) is 1. The van der Waals surface area contributed by atoms with Crippen LogP contribution in [0.25, 0.3) is 0 Å². The second-order valence-electron chi connectivity index (χ2n) is 11.2. The summed E-state index contributed by atoms with van der Waals surface area (Å²) in [6, 6.07) is 5.91. The van der Waals surface area contributed by atoms with Gasteiger partial charge >= 0.3 is 11.9 Å². The van der Waals surface area contributed by atoms with Crippen LogP contribution in [0.3, 0.4) is 0 Å². The fourth-order valence-electron chi connectivity index (χ4n) is 6.14. The van der Waals surface area contributed by atoms with Crippen LogP contribution in [0, 0.1) is 29.6 Å². The number of fused-ring (bicyclic) bond motifs is 2. The number of carbonyl (C=O) groups is 2. The van der Waals surface area contributed by atoms with Crippen molar-refractivity contribution in [3.63, 3.8) is 0 Å². The molecular weight excluding hydrogens is 476 g/mol. The van der Waals surface area contributed by atoms with Crippen LogP contribution in [-0.2, 0) is 31.9 Å². The van der Waals surface area contributed by atoms with Crippen molar-refractivity contribution in [1.29, 1.82) is 0 Å². The molecule has 1 fully saturated rings. The van der Waals surface area contributed by atoms with Crippen LogP contribution in [0.1, 0.15) is 64.0 Å². The highest BCUT2D eigenvalue weighted by Gasteiger charge is 2.45. The van der Waals surface area contributed by atoms with Crippen LogP contribution in [0.5, 0.6) is 5.75 Å². The maximum Gasteiger partial charge on any atom is 0.344 e. The van der Waals surface area contributed by atoms with Crippen molar-refractivity contribution in [2.75, 3.05) is 26.4 Å². The molecule has 8 heteroatoms. The summed E-state index contributed by atoms with van der Waals surface area (Å²) in [4.78, 5) is 22.5. The van der Waals surface area contributed by atoms with Gasteiger partial charge in [0, 0.05) is 0 Å². The molecule has 2 aliphatic carbocycles. The molecule has 0 amide bonds. The Morgan fingerprint density at radius 2 is 1.89 bits per heavy atom. The fraction of sp³-hybridized carbons (Fsp3) is 0.724. The average molecular weight is 521 g/mol. The van der Waals surface area contributed by atoms with Crippen molar-refractivity contribution in [1.82, 2.24) is 0 Å². The Kier molecular flexibility index (Phi) is 11.2. The summed E-state index contributed by atoms with van der Waals surface area (Å²) in [6.45, 7) is 6.52. The highest BCUT2D eigenvalue weighted by atomic mass is 16.6. The number of benzene rings is 1. The maximum absolute atomic E-state index is 12.1. The molecule has 1 unspecified atom stereocenters. The lowest BCUT2D eigenvalue weighted by Crippen LogP contribution is -2.29. The Morgan fingerprint density at radius 1 is 1.11 bits per heavy atom. The number of carboxylic acids is 1. The summed E-state index contributed by atoms with van der Waals surface area (Å²) in [7, 11) is 0. The van der Waals surface area contributed by atoms with Crippen LogP contribution in [0.2, 0.25) is 0 Å². The summed E-state index contributed by atoms with van der Waals surface area (Å²) in [5.74, 6) is 0.999. The third-order valence-corrected chi connectivity index (χ3v) is 7.94. The zero-order valence-corrected chi connectivity index (χ0v) is 22.4. The highest BCUT2D eigenvalue weighted by molar-refractivity contribution is 5.71. The van der Waals surface area contributed by atoms with E-state index < -0.39 is 11.9 Å². The lowest BCUT2D eigenvalue weighted by atomic mass is 9.73. The predicted octanol–water partition coefficient (Wildman–Crippen LogP) is 3.64. The van der Waals surface area contributed by atoms with Gasteiger partial charge < -0.3 is 29.5 Å². The quantitative estimate of drug-likeness (QED) is 0.237. The standard InChI is InChI=1S/C29H44O8/c1-18(2)13-19(3)25(30)8-7-22-23-14-20-5-4-6-27(24(20)15-21(23)16-26(22)31)37-17-29(34)36-12-11-35-10-9-28(32)33/h4-6,18-19,21-23,25-26,30-31H,7-17H2,1-3H3,(H,32,33)/t19?,21-,22+,23-,25+,26+/m0/s1. The van der Waals surface area contributed by atoms with E-state index in [9.17, 15) is 19.8 Å². The first-order valence-electron chi connectivity index (χ1n) is 13.7. The Balaban J connectivity index is 1.50. The van der Waals surface area contributed by atoms with Crippen LogP contribution in [-0.4, -0.2) is 65.9 Å². The molecule has 1 saturated carbocycles. The average Bonchev–Trinajstić information content (AvgIpc) is 3.14. The van der Waals surface area contributed by atoms with Gasteiger partial charge in [0.2, 0.25) is 0 Å². The zero-order valence-electron chi connectivity index (χ0n) is 22.4. The van der Waals surface area contributed by atoms with E-state index in [4.69, 9.17) is 19.3 Å². The molecule has 0 heterocycles. The normalized spacial score (nSPS) is 24.3. The van der Waals surface area contributed by atoms with Gasteiger partial charge in [-0.3, -0.25) is 4.79 Å². The van der Waals surface area contributed by atoms with E-state index in [1.165, 1.54) is 5.56 Å². The molecule has 6 atom stereocenters. The monoisotopic (exact) mass is 520 g/mol. The van der Waals surface area contributed by atoms with Crippen molar-refractivity contribution in [2.45, 2.75) is 77.9 Å². The van der Waals surface area contributed by atoms with Gasteiger partial charge in [-0.15, -0.1) is 0 Å². The topological polar surface area (TPSA) is 123 Å². The predicted molar refractivity (Wildman–Crippen MR) is 138 cm³/mol. The van der Waals surface area contributed by atoms with Gasteiger partial charge in [0.25, 0.3) is 0 Å². The summed E-state index contributed by atoms with van der Waals surface area (Å²) < 4.78 is 16.0. The van der Waals surface area contributed by atoms with Crippen LogP contribution < -0.4 is 4.74 Å². The molecule has 0 aromatic heterocycles. The van der Waals surface area contributed by atoms with Crippen LogP contribution >= 0.6 is 0 Å². The first-order chi connectivity index (χ1) is 17.7. The molecule has 3 N–H and O–H groups in total. The number of carbonyl (C=O) groups excluding carboxylic acids is 1. The van der Waals surface area contributed by atoms with Gasteiger partial charge in [-0.1, -0.05) is 32.9 Å². The number of hydrogen-bond donors (Lipinski definition) is 3. The SMILES string of the molecule is CC(C)CC(C)[C@H](O)CC[C@@H]1[C@H]2Cc3cccc(OCC(=O)OCCOCCC(=O)O)c3C[C@H]2C[C@H]1O. The van der Waals surface area contributed by atoms with Crippen molar-refractivity contribution in [3.05, 3.63) is 29.3 Å². The number of esters is 1. The molecular formula is C29H44O8. The Morgan fingerprint density at radius 3 is 2.62 bits per heavy atom. The molecule has 0 saturated heterocycles. The van der Waals surface area contributed by atoms with Gasteiger partial charge in [0.05, 0.1) is 31.8 Å². The van der Waals surface area contributed by atoms with E-state index in [1.807, 2.05) is 12.1 Å². The van der Waals surface area contributed by atoms with Crippen LogP contribution in [0.4, 0.5) is 0 Å². The van der Waals surface area contributed by atoms with Gasteiger partial charge in [-0.05, 0) is 85.3 Å². The molecule has 3 rings (SSSR count). The third-order valence-electron chi connectivity index (χ3n) is 7.94. The van der Waals surface area contributed by atoms with Crippen molar-refractivity contribution < 1.29 is 39.1 Å². The van der Waals surface area contributed by atoms with Crippen LogP contribution in [0.15, 0.2) is 18.2 Å². The zero-order chi connectivity index (χ0) is 26.9. The van der Waals surface area contributed by atoms with Crippen molar-refractivity contribution in [3.8, 4) is 5.75 Å². The summed E-state index contributed by atoms with van der Waals surface area (Å²) in [5, 5.41) is 30.1. The van der Waals surface area contributed by atoms with E-state index in [0.717, 1.165) is 44.1 Å². The van der Waals surface area contributed by atoms with E-state index in [2.05, 4.69) is 26.8 Å². The molecule has 37 heavy (non-hydrogen) atoms. The lowest BCUT2D eigenvalue weighted by molar-refractivity contribution is -0.148. The van der Waals surface area contributed by atoms with Gasteiger partial charge in [-0.25, -0.2) is 4.79 Å². The summed E-state index contributed by atoms with van der Waals surface area (Å²) in [5.41, 5.74) is 2.30. The van der Waals surface area contributed by atoms with Gasteiger partial charge in [0.15, 0.2) is 6.61 Å². The van der Waals surface area contributed by atoms with Crippen molar-refractivity contribution in [2.24, 2.45) is 29.6 Å². The summed E-state index contributed by atoms with van der Waals surface area (Å²) >= 11 is 0. The van der Waals surface area contributed by atoms with Gasteiger partial charge in [-0.2, -0.15) is 0 Å². The van der Waals surface area contributed by atoms with Gasteiger partial charge in [0.1, 0.15) is 12.4 Å². The Hall–Kier alpha value is -2.16. The molecule has 1 aromatic carbocycles. The molecule has 0 aliphatic heterocycles. The molecule has 1 aromatic rings. The number of ether oxygens (including phenoxy) is 3. The number of aliphatic hydroxyl groups is 2. The molecule has 0 radical (unpaired) electrons. The number of aliphatic carboxylic acids is 1. The minimum atomic E-state index is -0.934. The molecule has 208 valence electrons. The molecule has 0 spiro atoms. The van der Waals surface area contributed by atoms with E-state index in [0.29, 0.717) is 23.5 Å². The summed E-state index contributed by atoms with van der Waals surface area (Å²) in [6.07, 6.45) is 4.22. The second-order valence-corrected chi connectivity index (χ2v) is 11.2. The number of hydrogen-bond acceptors (Lipinski definition) is 7. The van der Waals surface area contributed by atoms with Crippen molar-refractivity contribution >= 4 is 11.9 Å². The largest absolute Gasteiger partial charge is 0.482 e. The number of rotatable bonds is 15. The Bertz CT molecular complexity index is 885. The van der Waals surface area contributed by atoms with E-state index >= 15 is 0 Å². The highest BCUT2D eigenvalue weighted by Crippen LogP contribution is 2.48. The fourth-order valence-corrected chi connectivity index (χ4v) is 6.14. The lowest BCUT2D eigenvalue weighted by Gasteiger charge is -2.33. The first kappa shape index (κ1) is 29.4. The minimum Gasteiger partial charge on any atom is -0.482 e. The smallest absolute Gasteiger partial charge is 0.344 e. The third kappa shape index (κ3) is 8.69. The minimum absolute atomic E-state index is 0.0443.